The summed E-state index contributed by atoms with van der Waals surface area (Å²) in [6, 6.07) is 0. The monoisotopic (exact) mass is 486 g/mol. The smallest absolute Gasteiger partial charge is 0.312 e. The van der Waals surface area contributed by atoms with Gasteiger partial charge in [0.1, 0.15) is 0 Å². The minimum Gasteiger partial charge on any atom is -0.469 e. The molecule has 5 rings (SSSR count). The molecule has 0 aromatic carbocycles. The van der Waals surface area contributed by atoms with Gasteiger partial charge in [-0.05, 0) is 117 Å². The molecule has 0 aliphatic heterocycles. The molecule has 35 heavy (non-hydrogen) atoms. The van der Waals surface area contributed by atoms with Gasteiger partial charge >= 0.3 is 5.97 Å². The first-order valence-corrected chi connectivity index (χ1v) is 14.4. The van der Waals surface area contributed by atoms with Gasteiger partial charge in [0.2, 0.25) is 0 Å². The van der Waals surface area contributed by atoms with Gasteiger partial charge in [-0.25, -0.2) is 0 Å². The molecule has 0 saturated heterocycles. The zero-order valence-corrected chi connectivity index (χ0v) is 23.2. The summed E-state index contributed by atoms with van der Waals surface area (Å²) < 4.78 is 5.48. The molecule has 0 aromatic heterocycles. The van der Waals surface area contributed by atoms with Gasteiger partial charge in [-0.3, -0.25) is 4.79 Å². The molecule has 0 radical (unpaired) electrons. The second-order valence-corrected chi connectivity index (χ2v) is 14.6. The van der Waals surface area contributed by atoms with Crippen LogP contribution >= 0.6 is 0 Å². The fourth-order valence-corrected chi connectivity index (χ4v) is 11.7. The van der Waals surface area contributed by atoms with E-state index in [4.69, 9.17) is 4.74 Å². The molecule has 5 fully saturated rings. The summed E-state index contributed by atoms with van der Waals surface area (Å²) in [7, 11) is 1.58. The molecule has 0 aromatic rings. The van der Waals surface area contributed by atoms with Gasteiger partial charge in [0.05, 0.1) is 25.2 Å². The number of carbonyl (C=O) groups is 1. The van der Waals surface area contributed by atoms with Crippen LogP contribution in [0.15, 0.2) is 12.2 Å². The van der Waals surface area contributed by atoms with Crippen molar-refractivity contribution in [3.63, 3.8) is 0 Å². The maximum atomic E-state index is 13.4. The fraction of sp³-hybridized carbons (Fsp3) is 0.903. The Bertz CT molecular complexity index is 898. The lowest BCUT2D eigenvalue weighted by molar-refractivity contribution is -0.254. The molecule has 2 N–H and O–H groups in total. The third-order valence-electron chi connectivity index (χ3n) is 13.8. The number of hydrogen-bond donors (Lipinski definition) is 2. The molecular weight excluding hydrogens is 436 g/mol. The van der Waals surface area contributed by atoms with Crippen LogP contribution in [0.25, 0.3) is 0 Å². The summed E-state index contributed by atoms with van der Waals surface area (Å²) in [4.78, 5) is 13.4. The number of rotatable bonds is 3. The molecule has 0 heterocycles. The first kappa shape index (κ1) is 25.8. The predicted octanol–water partition coefficient (Wildman–Crippen LogP) is 6.15. The van der Waals surface area contributed by atoms with E-state index < -0.39 is 11.5 Å². The molecule has 4 nitrogen and oxygen atoms in total. The lowest BCUT2D eigenvalue weighted by Gasteiger charge is -2.72. The zero-order valence-electron chi connectivity index (χ0n) is 23.2. The highest BCUT2D eigenvalue weighted by molar-refractivity contribution is 5.78. The van der Waals surface area contributed by atoms with Crippen molar-refractivity contribution in [2.24, 2.45) is 56.7 Å². The summed E-state index contributed by atoms with van der Waals surface area (Å²) in [5.74, 6) is 2.23. The van der Waals surface area contributed by atoms with Crippen molar-refractivity contribution in [3.05, 3.63) is 12.2 Å². The first-order chi connectivity index (χ1) is 16.4. The number of fused-ring (bicyclic) bond motifs is 7. The van der Waals surface area contributed by atoms with Crippen molar-refractivity contribution in [1.82, 2.24) is 0 Å². The van der Waals surface area contributed by atoms with E-state index in [2.05, 4.69) is 41.2 Å². The molecule has 0 bridgehead atoms. The van der Waals surface area contributed by atoms with Crippen molar-refractivity contribution in [3.8, 4) is 0 Å². The number of methoxy groups -OCH3 is 1. The molecule has 11 atom stereocenters. The van der Waals surface area contributed by atoms with E-state index >= 15 is 0 Å². The highest BCUT2D eigenvalue weighted by Gasteiger charge is 2.72. The first-order valence-electron chi connectivity index (χ1n) is 14.4. The Hall–Kier alpha value is -0.870. The zero-order chi connectivity index (χ0) is 25.6. The lowest BCUT2D eigenvalue weighted by Crippen LogP contribution is -2.67. The third kappa shape index (κ3) is 3.02. The quantitative estimate of drug-likeness (QED) is 0.371. The van der Waals surface area contributed by atoms with E-state index in [0.717, 1.165) is 51.4 Å². The van der Waals surface area contributed by atoms with Crippen molar-refractivity contribution in [2.75, 3.05) is 13.7 Å². The van der Waals surface area contributed by atoms with Crippen LogP contribution in [0, 0.1) is 56.7 Å². The highest BCUT2D eigenvalue weighted by atomic mass is 16.5. The standard InChI is InChI=1S/C31H50O4/c1-19(2)20-10-15-31(26(34)35-7)17-16-29(5)21(25(20)31)8-9-23-27(3)13-12-24(33)28(4,18-32)22(27)11-14-30(23,29)6/h20-25,32-33H,1,8-18H2,2-7H3/t20-,21+,22+,23+,24-,25+,27-,28-,29+,30+,31-/m0/s1. The minimum absolute atomic E-state index is 0.0243. The number of allylic oxidation sites excluding steroid dienone is 1. The Kier molecular flexibility index (Phi) is 5.94. The number of esters is 1. The Morgan fingerprint density at radius 3 is 2.26 bits per heavy atom. The van der Waals surface area contributed by atoms with Gasteiger partial charge in [-0.2, -0.15) is 0 Å². The summed E-state index contributed by atoms with van der Waals surface area (Å²) >= 11 is 0. The van der Waals surface area contributed by atoms with Gasteiger partial charge in [0, 0.05) is 5.41 Å². The molecule has 5 aliphatic carbocycles. The normalized spacial score (nSPS) is 55.2. The SMILES string of the molecule is C=C(C)[C@@H]1CC[C@]2(C(=O)OC)CC[C@]3(C)[C@H](CC[C@@H]4[C@@]5(C)CC[C@H](O)[C@@](C)(CO)[C@@H]5CC[C@]43C)[C@@H]12. The van der Waals surface area contributed by atoms with Crippen LogP contribution in [0.3, 0.4) is 0 Å². The summed E-state index contributed by atoms with van der Waals surface area (Å²) in [5, 5.41) is 21.4. The molecule has 198 valence electrons. The summed E-state index contributed by atoms with van der Waals surface area (Å²) in [6.07, 6.45) is 10.1. The van der Waals surface area contributed by atoms with Crippen LogP contribution in [0.5, 0.6) is 0 Å². The fourth-order valence-electron chi connectivity index (χ4n) is 11.7. The largest absolute Gasteiger partial charge is 0.469 e. The second kappa shape index (κ2) is 8.06. The van der Waals surface area contributed by atoms with Crippen LogP contribution in [0.1, 0.15) is 98.8 Å². The van der Waals surface area contributed by atoms with E-state index in [-0.39, 0.29) is 34.2 Å². The maximum absolute atomic E-state index is 13.4. The Labute approximate surface area is 213 Å². The van der Waals surface area contributed by atoms with E-state index in [9.17, 15) is 15.0 Å². The molecule has 5 saturated carbocycles. The van der Waals surface area contributed by atoms with E-state index in [1.807, 2.05) is 0 Å². The number of hydrogen-bond acceptors (Lipinski definition) is 4. The van der Waals surface area contributed by atoms with Gasteiger partial charge in [-0.15, -0.1) is 0 Å². The predicted molar refractivity (Wildman–Crippen MR) is 138 cm³/mol. The minimum atomic E-state index is -0.410. The van der Waals surface area contributed by atoms with E-state index in [1.165, 1.54) is 18.4 Å². The number of carbonyl (C=O) groups excluding carboxylic acids is 1. The summed E-state index contributed by atoms with van der Waals surface area (Å²) in [5.41, 5.74) is 1.01. The second-order valence-electron chi connectivity index (χ2n) is 14.6. The Morgan fingerprint density at radius 1 is 0.914 bits per heavy atom. The Morgan fingerprint density at radius 2 is 1.63 bits per heavy atom. The van der Waals surface area contributed by atoms with Crippen LogP contribution in [-0.4, -0.2) is 36.0 Å². The van der Waals surface area contributed by atoms with Crippen LogP contribution < -0.4 is 0 Å². The molecule has 0 spiro atoms. The van der Waals surface area contributed by atoms with Gasteiger partial charge in [0.15, 0.2) is 0 Å². The van der Waals surface area contributed by atoms with Crippen LogP contribution in [-0.2, 0) is 9.53 Å². The van der Waals surface area contributed by atoms with Crippen LogP contribution in [0.2, 0.25) is 0 Å². The Balaban J connectivity index is 1.56. The number of aliphatic hydroxyl groups excluding tert-OH is 2. The van der Waals surface area contributed by atoms with Crippen molar-refractivity contribution in [2.45, 2.75) is 105 Å². The lowest BCUT2D eigenvalue weighted by atomic mass is 9.32. The van der Waals surface area contributed by atoms with E-state index in [0.29, 0.717) is 29.6 Å². The van der Waals surface area contributed by atoms with Crippen molar-refractivity contribution >= 4 is 5.97 Å². The maximum Gasteiger partial charge on any atom is 0.312 e. The topological polar surface area (TPSA) is 66.8 Å². The molecular formula is C31H50O4. The van der Waals surface area contributed by atoms with Crippen molar-refractivity contribution in [1.29, 1.82) is 0 Å². The average Bonchev–Trinajstić information content (AvgIpc) is 3.23. The summed E-state index contributed by atoms with van der Waals surface area (Å²) in [6.45, 7) is 16.4. The van der Waals surface area contributed by atoms with E-state index in [1.54, 1.807) is 7.11 Å². The number of aliphatic hydroxyl groups is 2. The van der Waals surface area contributed by atoms with Gasteiger partial charge in [0.25, 0.3) is 0 Å². The van der Waals surface area contributed by atoms with Crippen molar-refractivity contribution < 1.29 is 19.7 Å². The highest BCUT2D eigenvalue weighted by Crippen LogP contribution is 2.77. The molecule has 0 unspecified atom stereocenters. The molecule has 0 amide bonds. The molecule has 4 heteroatoms. The van der Waals surface area contributed by atoms with Gasteiger partial charge in [-0.1, -0.05) is 39.8 Å². The van der Waals surface area contributed by atoms with Crippen LogP contribution in [0.4, 0.5) is 0 Å². The number of ether oxygens (including phenoxy) is 1. The average molecular weight is 487 g/mol. The molecule has 5 aliphatic rings. The third-order valence-corrected chi connectivity index (χ3v) is 13.8. The van der Waals surface area contributed by atoms with Gasteiger partial charge < -0.3 is 14.9 Å².